The van der Waals surface area contributed by atoms with Gasteiger partial charge >= 0.3 is 0 Å². The van der Waals surface area contributed by atoms with Crippen molar-refractivity contribution in [2.24, 2.45) is 0 Å². The van der Waals surface area contributed by atoms with Crippen LogP contribution in [0.4, 0.5) is 0 Å². The van der Waals surface area contributed by atoms with Gasteiger partial charge in [-0.25, -0.2) is 0 Å². The minimum atomic E-state index is -3.13. The first-order valence-electron chi connectivity index (χ1n) is 9.53. The number of aliphatic hydroxyl groups excluding tert-OH is 1. The highest BCUT2D eigenvalue weighted by Crippen LogP contribution is 2.24. The Kier molecular flexibility index (Phi) is 4.47. The van der Waals surface area contributed by atoms with Crippen molar-refractivity contribution in [3.8, 4) is 17.2 Å². The molecule has 0 amide bonds. The molecule has 2 aromatic carbocycles. The van der Waals surface area contributed by atoms with Gasteiger partial charge in [-0.3, -0.25) is 0 Å². The number of aliphatic hydroxyl groups is 1. The van der Waals surface area contributed by atoms with Crippen molar-refractivity contribution in [1.82, 2.24) is 5.32 Å². The van der Waals surface area contributed by atoms with Crippen LogP contribution in [-0.2, 0) is 6.37 Å². The van der Waals surface area contributed by atoms with Crippen LogP contribution in [0.3, 0.4) is 0 Å². The highest BCUT2D eigenvalue weighted by molar-refractivity contribution is 8.93. The molecule has 0 aliphatic heterocycles. The lowest BCUT2D eigenvalue weighted by Gasteiger charge is -2.18. The van der Waals surface area contributed by atoms with E-state index in [4.69, 9.17) is 8.22 Å². The van der Waals surface area contributed by atoms with Crippen LogP contribution in [0, 0.1) is 0 Å². The monoisotopic (exact) mass is 389 g/mol. The Hall–Kier alpha value is -1.76. The Morgan fingerprint density at radius 3 is 2.26 bits per heavy atom. The lowest BCUT2D eigenvalue weighted by Crippen LogP contribution is -2.32. The number of phenolic OH excluding ortho intramolecular Hbond substituents is 3. The van der Waals surface area contributed by atoms with Crippen LogP contribution >= 0.6 is 17.0 Å². The molecule has 5 N–H and O–H groups in total. The third-order valence-electron chi connectivity index (χ3n) is 2.92. The maximum Gasteiger partial charge on any atom is 0.119 e. The topological polar surface area (TPSA) is 93.0 Å². The zero-order valence-electron chi connectivity index (χ0n) is 18.0. The minimum Gasteiger partial charge on any atom is -0.508 e. The zero-order chi connectivity index (χ0) is 21.3. The van der Waals surface area contributed by atoms with E-state index in [2.05, 4.69) is 5.32 Å². The van der Waals surface area contributed by atoms with Gasteiger partial charge in [0.2, 0.25) is 0 Å². The first-order chi connectivity index (χ1) is 12.8. The summed E-state index contributed by atoms with van der Waals surface area (Å²) < 4.78 is 48.0. The molecule has 0 aliphatic carbocycles. The molecule has 0 fully saturated rings. The minimum absolute atomic E-state index is 0. The van der Waals surface area contributed by atoms with Gasteiger partial charge in [-0.1, -0.05) is 12.1 Å². The van der Waals surface area contributed by atoms with Gasteiger partial charge in [0.05, 0.1) is 6.10 Å². The van der Waals surface area contributed by atoms with E-state index in [0.717, 1.165) is 18.2 Å². The molecule has 0 spiro atoms. The van der Waals surface area contributed by atoms with Gasteiger partial charge in [-0.05, 0) is 48.6 Å². The summed E-state index contributed by atoms with van der Waals surface area (Å²) in [5.41, 5.74) is -0.0866. The van der Waals surface area contributed by atoms with Crippen LogP contribution < -0.4 is 5.32 Å². The number of nitrogens with one attached hydrogen (secondary N) is 1. The fourth-order valence-electron chi connectivity index (χ4n) is 1.86. The highest BCUT2D eigenvalue weighted by Gasteiger charge is 2.12. The maximum atomic E-state index is 10.3. The summed E-state index contributed by atoms with van der Waals surface area (Å²) in [6.07, 6.45) is -4.16. The first kappa shape index (κ1) is 11.7. The van der Waals surface area contributed by atoms with Crippen molar-refractivity contribution in [3.05, 3.63) is 53.6 Å². The normalized spacial score (nSPS) is 19.5. The van der Waals surface area contributed by atoms with Crippen LogP contribution in [0.5, 0.6) is 17.2 Å². The number of hydrogen-bond acceptors (Lipinski definition) is 5. The molecule has 0 radical (unpaired) electrons. The van der Waals surface area contributed by atoms with E-state index in [9.17, 15) is 20.4 Å². The Morgan fingerprint density at radius 2 is 1.70 bits per heavy atom. The second kappa shape index (κ2) is 8.76. The fraction of sp³-hybridized carbons (Fsp3) is 0.294. The summed E-state index contributed by atoms with van der Waals surface area (Å²) in [5.74, 6) is -0.779. The Balaban J connectivity index is 0.00000420. The van der Waals surface area contributed by atoms with E-state index >= 15 is 0 Å². The quantitative estimate of drug-likeness (QED) is 0.523. The molecule has 0 saturated carbocycles. The molecule has 0 saturated heterocycles. The molecule has 2 unspecified atom stereocenters. The average Bonchev–Trinajstić information content (AvgIpc) is 2.57. The van der Waals surface area contributed by atoms with Crippen molar-refractivity contribution in [1.29, 1.82) is 0 Å². The maximum absolute atomic E-state index is 10.3. The zero-order valence-corrected chi connectivity index (χ0v) is 13.7. The standard InChI is InChI=1S/C17H21NO4.BrH/c1-11(6-12-2-4-14(19)5-3-12)18-10-17(22)13-7-15(20)9-16(21)8-13;/h2-5,7-9,11,17-22H,6,10H2,1H3;1H/i1D3,6D2,11D;. The lowest BCUT2D eigenvalue weighted by atomic mass is 10.1. The Labute approximate surface area is 154 Å². The number of benzene rings is 2. The molecule has 126 valence electrons. The molecule has 23 heavy (non-hydrogen) atoms. The summed E-state index contributed by atoms with van der Waals surface area (Å²) in [5, 5.41) is 40.9. The van der Waals surface area contributed by atoms with E-state index in [1.54, 1.807) is 0 Å². The fourth-order valence-corrected chi connectivity index (χ4v) is 1.86. The second-order valence-electron chi connectivity index (χ2n) is 4.73. The van der Waals surface area contributed by atoms with Gasteiger partial charge in [0.15, 0.2) is 0 Å². The van der Waals surface area contributed by atoms with Crippen molar-refractivity contribution in [2.45, 2.75) is 25.3 Å². The lowest BCUT2D eigenvalue weighted by molar-refractivity contribution is 0.170. The molecule has 0 heterocycles. The molecule has 2 atom stereocenters. The number of hydrogen-bond donors (Lipinski definition) is 5. The van der Waals surface area contributed by atoms with E-state index in [0.29, 0.717) is 0 Å². The van der Waals surface area contributed by atoms with Gasteiger partial charge in [0.1, 0.15) is 17.2 Å². The van der Waals surface area contributed by atoms with E-state index in [1.807, 2.05) is 0 Å². The smallest absolute Gasteiger partial charge is 0.119 e. The van der Waals surface area contributed by atoms with Crippen LogP contribution in [0.25, 0.3) is 0 Å². The SMILES string of the molecule is Br.[2H]C([2H])([2H])C([2H])(NCC(O)c1cc(O)cc(O)c1)C([2H])([2H])c1ccc(O)cc1. The molecule has 5 nitrogen and oxygen atoms in total. The van der Waals surface area contributed by atoms with Crippen LogP contribution in [0.15, 0.2) is 42.5 Å². The number of rotatable bonds is 6. The summed E-state index contributed by atoms with van der Waals surface area (Å²) >= 11 is 0. The van der Waals surface area contributed by atoms with Gasteiger partial charge in [-0.2, -0.15) is 0 Å². The predicted molar refractivity (Wildman–Crippen MR) is 94.3 cm³/mol. The van der Waals surface area contributed by atoms with Gasteiger partial charge in [-0.15, -0.1) is 17.0 Å². The molecular weight excluding hydrogens is 362 g/mol. The van der Waals surface area contributed by atoms with E-state index in [-0.39, 0.29) is 45.4 Å². The van der Waals surface area contributed by atoms with Crippen molar-refractivity contribution >= 4 is 17.0 Å². The Bertz CT molecular complexity index is 813. The van der Waals surface area contributed by atoms with Gasteiger partial charge in [0, 0.05) is 26.9 Å². The molecule has 0 aliphatic rings. The van der Waals surface area contributed by atoms with E-state index in [1.165, 1.54) is 24.3 Å². The predicted octanol–water partition coefficient (Wildman–Crippen LogP) is 2.64. The van der Waals surface area contributed by atoms with Crippen molar-refractivity contribution in [2.75, 3.05) is 6.54 Å². The number of halogens is 1. The largest absolute Gasteiger partial charge is 0.508 e. The third-order valence-corrected chi connectivity index (χ3v) is 2.92. The number of phenols is 3. The molecule has 0 bridgehead atoms. The van der Waals surface area contributed by atoms with Crippen LogP contribution in [0.2, 0.25) is 0 Å². The molecule has 0 aromatic heterocycles. The summed E-state index contributed by atoms with van der Waals surface area (Å²) in [7, 11) is 0. The van der Waals surface area contributed by atoms with Crippen molar-refractivity contribution < 1.29 is 28.7 Å². The van der Waals surface area contributed by atoms with Gasteiger partial charge < -0.3 is 25.7 Å². The Morgan fingerprint density at radius 1 is 1.09 bits per heavy atom. The number of aromatic hydroxyl groups is 3. The summed E-state index contributed by atoms with van der Waals surface area (Å²) in [4.78, 5) is 0. The van der Waals surface area contributed by atoms with Crippen LogP contribution in [-0.4, -0.2) is 33.0 Å². The highest BCUT2D eigenvalue weighted by atomic mass is 79.9. The van der Waals surface area contributed by atoms with Crippen LogP contribution in [0.1, 0.15) is 32.3 Å². The molecule has 2 aromatic rings. The molecule has 2 rings (SSSR count). The summed E-state index contributed by atoms with van der Waals surface area (Å²) in [6, 6.07) is 5.21. The average molecular weight is 390 g/mol. The third kappa shape index (κ3) is 6.09. The second-order valence-corrected chi connectivity index (χ2v) is 4.73. The van der Waals surface area contributed by atoms with E-state index < -0.39 is 31.9 Å². The molecule has 6 heteroatoms. The molecular formula is C17H22BrNO4. The summed E-state index contributed by atoms with van der Waals surface area (Å²) in [6.45, 7) is -3.67. The van der Waals surface area contributed by atoms with Crippen molar-refractivity contribution in [3.63, 3.8) is 0 Å². The first-order valence-corrected chi connectivity index (χ1v) is 6.53. The van der Waals surface area contributed by atoms with Gasteiger partial charge in [0.25, 0.3) is 0 Å².